The minimum atomic E-state index is -1.07. The van der Waals surface area contributed by atoms with Gasteiger partial charge >= 0.3 is 5.97 Å². The third-order valence-electron chi connectivity index (χ3n) is 4.88. The maximum absolute atomic E-state index is 12.0. The Balaban J connectivity index is 1.52. The fourth-order valence-electron chi connectivity index (χ4n) is 3.62. The highest BCUT2D eigenvalue weighted by Crippen LogP contribution is 2.35. The average Bonchev–Trinajstić information content (AvgIpc) is 2.71. The quantitative estimate of drug-likeness (QED) is 0.858. The van der Waals surface area contributed by atoms with Crippen molar-refractivity contribution in [3.05, 3.63) is 35.9 Å². The topological polar surface area (TPSA) is 49.8 Å². The van der Waals surface area contributed by atoms with Crippen molar-refractivity contribution in [1.82, 2.24) is 4.90 Å². The molecule has 1 aromatic carbocycles. The number of benzene rings is 1. The largest absolute Gasteiger partial charge is 0.460 e. The van der Waals surface area contributed by atoms with Crippen molar-refractivity contribution in [2.75, 3.05) is 7.05 Å². The number of aliphatic hydroxyl groups excluding tert-OH is 1. The summed E-state index contributed by atoms with van der Waals surface area (Å²) in [5, 5.41) is 10.0. The van der Waals surface area contributed by atoms with Gasteiger partial charge in [0.05, 0.1) is 0 Å². The Kier molecular flexibility index (Phi) is 4.27. The van der Waals surface area contributed by atoms with Crippen molar-refractivity contribution in [2.45, 2.75) is 56.4 Å². The molecule has 0 spiro atoms. The molecule has 1 aromatic rings. The average molecular weight is 289 g/mol. The number of aliphatic hydroxyl groups is 1. The van der Waals surface area contributed by atoms with Crippen LogP contribution in [0.5, 0.6) is 0 Å². The van der Waals surface area contributed by atoms with Gasteiger partial charge in [-0.1, -0.05) is 30.3 Å². The number of hydrogen-bond donors (Lipinski definition) is 1. The fourth-order valence-corrected chi connectivity index (χ4v) is 3.62. The van der Waals surface area contributed by atoms with E-state index in [-0.39, 0.29) is 6.10 Å². The summed E-state index contributed by atoms with van der Waals surface area (Å²) in [6.07, 6.45) is 3.41. The third-order valence-corrected chi connectivity index (χ3v) is 4.88. The van der Waals surface area contributed by atoms with Crippen molar-refractivity contribution in [3.63, 3.8) is 0 Å². The molecule has 21 heavy (non-hydrogen) atoms. The molecule has 0 saturated carbocycles. The molecule has 0 aromatic heterocycles. The van der Waals surface area contributed by atoms with E-state index >= 15 is 0 Å². The second-order valence-corrected chi connectivity index (χ2v) is 6.29. The second kappa shape index (κ2) is 6.16. The lowest BCUT2D eigenvalue weighted by atomic mass is 10.0. The Morgan fingerprint density at radius 2 is 1.90 bits per heavy atom. The minimum absolute atomic E-state index is 0.0309. The molecular formula is C17H23NO3. The minimum Gasteiger partial charge on any atom is -0.460 e. The molecule has 2 unspecified atom stereocenters. The van der Waals surface area contributed by atoms with Gasteiger partial charge in [-0.05, 0) is 38.3 Å². The Bertz CT molecular complexity index is 476. The fraction of sp³-hybridized carbons (Fsp3) is 0.588. The summed E-state index contributed by atoms with van der Waals surface area (Å²) in [5.41, 5.74) is 0.949. The van der Waals surface area contributed by atoms with E-state index in [0.29, 0.717) is 18.5 Å². The number of ether oxygens (including phenoxy) is 1. The van der Waals surface area contributed by atoms with Gasteiger partial charge in [0.15, 0.2) is 6.10 Å². The van der Waals surface area contributed by atoms with Gasteiger partial charge in [-0.2, -0.15) is 0 Å². The van der Waals surface area contributed by atoms with Gasteiger partial charge in [0.25, 0.3) is 0 Å². The molecule has 0 amide bonds. The van der Waals surface area contributed by atoms with Crippen molar-refractivity contribution in [2.24, 2.45) is 0 Å². The highest BCUT2D eigenvalue weighted by Gasteiger charge is 2.40. The van der Waals surface area contributed by atoms with Crippen LogP contribution >= 0.6 is 0 Å². The zero-order chi connectivity index (χ0) is 14.8. The molecule has 4 nitrogen and oxygen atoms in total. The summed E-state index contributed by atoms with van der Waals surface area (Å²) in [7, 11) is 2.16. The van der Waals surface area contributed by atoms with Crippen LogP contribution in [0.25, 0.3) is 0 Å². The number of piperidine rings is 1. The number of fused-ring (bicyclic) bond motifs is 2. The lowest BCUT2D eigenvalue weighted by Crippen LogP contribution is -2.44. The number of hydrogen-bond acceptors (Lipinski definition) is 4. The van der Waals surface area contributed by atoms with Gasteiger partial charge in [-0.3, -0.25) is 0 Å². The Labute approximate surface area is 125 Å². The zero-order valence-electron chi connectivity index (χ0n) is 12.4. The molecule has 4 atom stereocenters. The maximum atomic E-state index is 12.0. The van der Waals surface area contributed by atoms with Gasteiger partial charge in [0, 0.05) is 18.5 Å². The Morgan fingerprint density at radius 3 is 2.52 bits per heavy atom. The maximum Gasteiger partial charge on any atom is 0.335 e. The molecule has 2 aliphatic rings. The summed E-state index contributed by atoms with van der Waals surface area (Å²) in [6.45, 7) is 0. The number of carbonyl (C=O) groups is 1. The van der Waals surface area contributed by atoms with E-state index in [2.05, 4.69) is 11.9 Å². The van der Waals surface area contributed by atoms with Crippen LogP contribution in [0.15, 0.2) is 30.3 Å². The first-order valence-corrected chi connectivity index (χ1v) is 7.78. The van der Waals surface area contributed by atoms with Gasteiger partial charge in [-0.15, -0.1) is 0 Å². The Hall–Kier alpha value is -1.39. The monoisotopic (exact) mass is 289 g/mol. The number of carbonyl (C=O) groups excluding carboxylic acids is 1. The molecule has 114 valence electrons. The summed E-state index contributed by atoms with van der Waals surface area (Å²) in [6, 6.07) is 10.6. The third kappa shape index (κ3) is 3.27. The van der Waals surface area contributed by atoms with Gasteiger partial charge < -0.3 is 14.7 Å². The second-order valence-electron chi connectivity index (χ2n) is 6.29. The number of esters is 1. The van der Waals surface area contributed by atoms with E-state index in [1.165, 1.54) is 12.8 Å². The summed E-state index contributed by atoms with van der Waals surface area (Å²) in [5.74, 6) is -0.479. The van der Waals surface area contributed by atoms with Crippen molar-refractivity contribution in [3.8, 4) is 0 Å². The first-order valence-electron chi connectivity index (χ1n) is 7.78. The smallest absolute Gasteiger partial charge is 0.335 e. The van der Waals surface area contributed by atoms with Crippen LogP contribution in [0, 0.1) is 0 Å². The Morgan fingerprint density at radius 1 is 1.29 bits per heavy atom. The van der Waals surface area contributed by atoms with Crippen LogP contribution < -0.4 is 0 Å². The van der Waals surface area contributed by atoms with Crippen LogP contribution in [0.1, 0.15) is 31.2 Å². The van der Waals surface area contributed by atoms with E-state index in [0.717, 1.165) is 18.4 Å². The van der Waals surface area contributed by atoms with E-state index in [9.17, 15) is 9.90 Å². The summed E-state index contributed by atoms with van der Waals surface area (Å²) < 4.78 is 5.54. The van der Waals surface area contributed by atoms with Crippen LogP contribution in [-0.2, 0) is 16.0 Å². The van der Waals surface area contributed by atoms with Crippen molar-refractivity contribution < 1.29 is 14.6 Å². The van der Waals surface area contributed by atoms with Crippen molar-refractivity contribution >= 4 is 5.97 Å². The first-order chi connectivity index (χ1) is 10.1. The summed E-state index contributed by atoms with van der Waals surface area (Å²) in [4.78, 5) is 14.5. The molecule has 2 aliphatic heterocycles. The standard InChI is InChI=1S/C17H23NO3/c1-18-13-7-8-14(18)11-15(10-13)21-17(20)16(19)9-12-5-3-2-4-6-12/h2-6,13-16,19H,7-11H2,1H3/t13-,14+,15?,16?. The molecule has 0 aliphatic carbocycles. The highest BCUT2D eigenvalue weighted by atomic mass is 16.6. The molecule has 2 fully saturated rings. The predicted molar refractivity (Wildman–Crippen MR) is 79.8 cm³/mol. The van der Waals surface area contributed by atoms with Gasteiger partial charge in [0.2, 0.25) is 0 Å². The normalized spacial score (nSPS) is 30.1. The lowest BCUT2D eigenvalue weighted by molar-refractivity contribution is -0.162. The predicted octanol–water partition coefficient (Wildman–Crippen LogP) is 1.76. The molecule has 0 radical (unpaired) electrons. The van der Waals surface area contributed by atoms with Crippen LogP contribution in [0.4, 0.5) is 0 Å². The molecule has 1 N–H and O–H groups in total. The lowest BCUT2D eigenvalue weighted by Gasteiger charge is -2.36. The van der Waals surface area contributed by atoms with Gasteiger partial charge in [0.1, 0.15) is 6.10 Å². The zero-order valence-corrected chi connectivity index (χ0v) is 12.4. The van der Waals surface area contributed by atoms with Crippen molar-refractivity contribution in [1.29, 1.82) is 0 Å². The van der Waals surface area contributed by atoms with Gasteiger partial charge in [-0.25, -0.2) is 4.79 Å². The molecule has 2 heterocycles. The molecular weight excluding hydrogens is 266 g/mol. The molecule has 4 heteroatoms. The first kappa shape index (κ1) is 14.5. The van der Waals surface area contributed by atoms with E-state index in [1.807, 2.05) is 30.3 Å². The molecule has 3 rings (SSSR count). The van der Waals surface area contributed by atoms with E-state index in [4.69, 9.17) is 4.74 Å². The van der Waals surface area contributed by atoms with Crippen LogP contribution in [0.2, 0.25) is 0 Å². The summed E-state index contributed by atoms with van der Waals surface area (Å²) >= 11 is 0. The number of nitrogens with zero attached hydrogens (tertiary/aromatic N) is 1. The molecule has 2 saturated heterocycles. The highest BCUT2D eigenvalue weighted by molar-refractivity contribution is 5.75. The SMILES string of the molecule is CN1[C@@H]2CC[C@H]1CC(OC(=O)C(O)Cc1ccccc1)C2. The van der Waals surface area contributed by atoms with E-state index < -0.39 is 12.1 Å². The molecule has 2 bridgehead atoms. The van der Waals surface area contributed by atoms with E-state index in [1.54, 1.807) is 0 Å². The van der Waals surface area contributed by atoms with Crippen LogP contribution in [-0.4, -0.2) is 47.3 Å². The number of rotatable bonds is 4. The van der Waals surface area contributed by atoms with Crippen LogP contribution in [0.3, 0.4) is 0 Å².